The first kappa shape index (κ1) is 10.6. The Morgan fingerprint density at radius 1 is 1.54 bits per heavy atom. The van der Waals surface area contributed by atoms with E-state index in [0.29, 0.717) is 0 Å². The molecule has 2 heteroatoms. The van der Waals surface area contributed by atoms with Crippen LogP contribution in [0.3, 0.4) is 0 Å². The van der Waals surface area contributed by atoms with Gasteiger partial charge >= 0.3 is 0 Å². The molecular weight excluding hydrogens is 160 g/mol. The van der Waals surface area contributed by atoms with E-state index in [1.807, 2.05) is 6.92 Å². The largest absolute Gasteiger partial charge is 0.329 e. The summed E-state index contributed by atoms with van der Waals surface area (Å²) in [5.74, 6) is 6.79. The fourth-order valence-corrected chi connectivity index (χ4v) is 2.17. The Kier molecular flexibility index (Phi) is 3.77. The minimum absolute atomic E-state index is 0.245. The van der Waals surface area contributed by atoms with Crippen molar-refractivity contribution >= 4 is 0 Å². The van der Waals surface area contributed by atoms with E-state index in [4.69, 9.17) is 5.73 Å². The summed E-state index contributed by atoms with van der Waals surface area (Å²) in [5, 5.41) is 3.52. The van der Waals surface area contributed by atoms with Crippen LogP contribution >= 0.6 is 0 Å². The summed E-state index contributed by atoms with van der Waals surface area (Å²) >= 11 is 0. The second-order valence-electron chi connectivity index (χ2n) is 4.10. The van der Waals surface area contributed by atoms with Gasteiger partial charge in [-0.3, -0.25) is 0 Å². The minimum Gasteiger partial charge on any atom is -0.329 e. The second kappa shape index (κ2) is 4.64. The Morgan fingerprint density at radius 3 is 2.69 bits per heavy atom. The Hall–Kier alpha value is -0.520. The molecular formula is C11H20N2. The molecule has 0 spiro atoms. The summed E-state index contributed by atoms with van der Waals surface area (Å²) in [6, 6.07) is 0. The third-order valence-corrected chi connectivity index (χ3v) is 2.80. The summed E-state index contributed by atoms with van der Waals surface area (Å²) in [5.41, 5.74) is 5.99. The van der Waals surface area contributed by atoms with Gasteiger partial charge in [0.15, 0.2) is 0 Å². The number of hydrogen-bond donors (Lipinski definition) is 2. The average molecular weight is 180 g/mol. The predicted octanol–water partition coefficient (Wildman–Crippen LogP) is 1.12. The number of hydrogen-bond acceptors (Lipinski definition) is 2. The highest BCUT2D eigenvalue weighted by molar-refractivity contribution is 5.02. The first-order valence-corrected chi connectivity index (χ1v) is 5.07. The van der Waals surface area contributed by atoms with E-state index in [0.717, 1.165) is 25.4 Å². The molecule has 13 heavy (non-hydrogen) atoms. The fraction of sp³-hybridized carbons (Fsp3) is 0.818. The lowest BCUT2D eigenvalue weighted by Gasteiger charge is -2.46. The molecule has 1 rings (SSSR count). The molecule has 1 saturated carbocycles. The summed E-state index contributed by atoms with van der Waals surface area (Å²) < 4.78 is 0. The Bertz CT molecular complexity index is 206. The van der Waals surface area contributed by atoms with Gasteiger partial charge in [-0.2, -0.15) is 0 Å². The third-order valence-electron chi connectivity index (χ3n) is 2.80. The zero-order valence-electron chi connectivity index (χ0n) is 8.69. The number of rotatable bonds is 4. The topological polar surface area (TPSA) is 38.0 Å². The van der Waals surface area contributed by atoms with Crippen molar-refractivity contribution in [2.24, 2.45) is 11.7 Å². The Morgan fingerprint density at radius 2 is 2.23 bits per heavy atom. The maximum absolute atomic E-state index is 5.75. The summed E-state index contributed by atoms with van der Waals surface area (Å²) in [6.07, 6.45) is 3.39. The van der Waals surface area contributed by atoms with Gasteiger partial charge in [-0.25, -0.2) is 0 Å². The van der Waals surface area contributed by atoms with Gasteiger partial charge in [0.05, 0.1) is 0 Å². The van der Waals surface area contributed by atoms with Crippen molar-refractivity contribution in [3.8, 4) is 11.8 Å². The normalized spacial score (nSPS) is 31.8. The summed E-state index contributed by atoms with van der Waals surface area (Å²) in [6.45, 7) is 5.90. The Labute approximate surface area is 81.3 Å². The molecule has 2 nitrogen and oxygen atoms in total. The maximum Gasteiger partial charge on any atom is 0.0309 e. The van der Waals surface area contributed by atoms with Crippen molar-refractivity contribution in [1.82, 2.24) is 5.32 Å². The molecule has 0 unspecified atom stereocenters. The molecule has 0 bridgehead atoms. The van der Waals surface area contributed by atoms with Crippen molar-refractivity contribution < 1.29 is 0 Å². The van der Waals surface area contributed by atoms with Crippen LogP contribution in [0.5, 0.6) is 0 Å². The van der Waals surface area contributed by atoms with E-state index >= 15 is 0 Å². The van der Waals surface area contributed by atoms with Gasteiger partial charge in [0.25, 0.3) is 0 Å². The first-order valence-electron chi connectivity index (χ1n) is 5.07. The SMILES string of the molecule is CC#CCCNC1(CN)CC(C)C1. The molecule has 0 aromatic heterocycles. The van der Waals surface area contributed by atoms with Gasteiger partial charge in [-0.15, -0.1) is 11.8 Å². The third kappa shape index (κ3) is 2.72. The van der Waals surface area contributed by atoms with Gasteiger partial charge in [-0.05, 0) is 25.7 Å². The fourth-order valence-electron chi connectivity index (χ4n) is 2.17. The maximum atomic E-state index is 5.75. The van der Waals surface area contributed by atoms with Crippen LogP contribution in [0, 0.1) is 17.8 Å². The lowest BCUT2D eigenvalue weighted by atomic mass is 9.69. The van der Waals surface area contributed by atoms with E-state index in [9.17, 15) is 0 Å². The highest BCUT2D eigenvalue weighted by atomic mass is 15.0. The van der Waals surface area contributed by atoms with Crippen molar-refractivity contribution in [3.63, 3.8) is 0 Å². The quantitative estimate of drug-likeness (QED) is 0.502. The van der Waals surface area contributed by atoms with Crippen LogP contribution in [0.15, 0.2) is 0 Å². The lowest BCUT2D eigenvalue weighted by Crippen LogP contribution is -2.59. The molecule has 0 saturated heterocycles. The van der Waals surface area contributed by atoms with Crippen molar-refractivity contribution in [2.75, 3.05) is 13.1 Å². The Balaban J connectivity index is 2.20. The van der Waals surface area contributed by atoms with Crippen LogP contribution in [0.25, 0.3) is 0 Å². The van der Waals surface area contributed by atoms with E-state index in [1.165, 1.54) is 12.8 Å². The molecule has 0 aromatic carbocycles. The van der Waals surface area contributed by atoms with E-state index in [1.54, 1.807) is 0 Å². The van der Waals surface area contributed by atoms with Crippen molar-refractivity contribution in [1.29, 1.82) is 0 Å². The van der Waals surface area contributed by atoms with Crippen LogP contribution in [0.2, 0.25) is 0 Å². The number of nitrogens with one attached hydrogen (secondary N) is 1. The van der Waals surface area contributed by atoms with Crippen LogP contribution in [-0.4, -0.2) is 18.6 Å². The monoisotopic (exact) mass is 180 g/mol. The molecule has 0 aromatic rings. The van der Waals surface area contributed by atoms with E-state index in [2.05, 4.69) is 24.1 Å². The molecule has 74 valence electrons. The summed E-state index contributed by atoms with van der Waals surface area (Å²) in [4.78, 5) is 0. The second-order valence-corrected chi connectivity index (χ2v) is 4.10. The molecule has 0 aliphatic heterocycles. The van der Waals surface area contributed by atoms with Gasteiger partial charge in [0, 0.05) is 25.0 Å². The number of nitrogens with two attached hydrogens (primary N) is 1. The minimum atomic E-state index is 0.245. The zero-order valence-corrected chi connectivity index (χ0v) is 8.69. The van der Waals surface area contributed by atoms with Crippen LogP contribution < -0.4 is 11.1 Å². The molecule has 0 heterocycles. The molecule has 1 aliphatic carbocycles. The molecule has 1 fully saturated rings. The summed E-state index contributed by atoms with van der Waals surface area (Å²) in [7, 11) is 0. The van der Waals surface area contributed by atoms with Gasteiger partial charge in [0.2, 0.25) is 0 Å². The molecule has 1 aliphatic rings. The lowest BCUT2D eigenvalue weighted by molar-refractivity contribution is 0.125. The molecule has 0 atom stereocenters. The van der Waals surface area contributed by atoms with E-state index < -0.39 is 0 Å². The highest BCUT2D eigenvalue weighted by Crippen LogP contribution is 2.36. The standard InChI is InChI=1S/C11H20N2/c1-3-4-5-6-13-11(9-12)7-10(2)8-11/h10,13H,5-9,12H2,1-2H3. The smallest absolute Gasteiger partial charge is 0.0309 e. The predicted molar refractivity (Wildman–Crippen MR) is 56.3 cm³/mol. The van der Waals surface area contributed by atoms with Gasteiger partial charge in [0.1, 0.15) is 0 Å². The molecule has 0 amide bonds. The molecule has 0 radical (unpaired) electrons. The van der Waals surface area contributed by atoms with Crippen molar-refractivity contribution in [2.45, 2.75) is 38.6 Å². The van der Waals surface area contributed by atoms with E-state index in [-0.39, 0.29) is 5.54 Å². The van der Waals surface area contributed by atoms with Gasteiger partial charge < -0.3 is 11.1 Å². The van der Waals surface area contributed by atoms with Crippen LogP contribution in [-0.2, 0) is 0 Å². The zero-order chi connectivity index (χ0) is 9.73. The highest BCUT2D eigenvalue weighted by Gasteiger charge is 2.39. The average Bonchev–Trinajstić information content (AvgIpc) is 2.08. The van der Waals surface area contributed by atoms with Crippen LogP contribution in [0.4, 0.5) is 0 Å². The first-order chi connectivity index (χ1) is 6.22. The van der Waals surface area contributed by atoms with Crippen molar-refractivity contribution in [3.05, 3.63) is 0 Å². The molecule has 3 N–H and O–H groups in total. The van der Waals surface area contributed by atoms with Gasteiger partial charge in [-0.1, -0.05) is 6.92 Å². The van der Waals surface area contributed by atoms with Crippen LogP contribution in [0.1, 0.15) is 33.1 Å².